The van der Waals surface area contributed by atoms with E-state index in [1.165, 1.54) is 11.5 Å². The molecule has 29 heavy (non-hydrogen) atoms. The molecule has 0 aliphatic carbocycles. The van der Waals surface area contributed by atoms with E-state index in [-0.39, 0.29) is 11.5 Å². The second-order valence-corrected chi connectivity index (χ2v) is 6.70. The van der Waals surface area contributed by atoms with E-state index in [1.54, 1.807) is 55.3 Å². The molecule has 0 saturated heterocycles. The highest BCUT2D eigenvalue weighted by Crippen LogP contribution is 2.29. The molecule has 0 fully saturated rings. The Balaban J connectivity index is 1.79. The van der Waals surface area contributed by atoms with Crippen LogP contribution in [0.1, 0.15) is 16.1 Å². The fraction of sp³-hybridized carbons (Fsp3) is 0.190. The molecule has 0 aliphatic heterocycles. The number of carbonyl (C=O) groups is 1. The van der Waals surface area contributed by atoms with Crippen LogP contribution in [-0.4, -0.2) is 34.1 Å². The summed E-state index contributed by atoms with van der Waals surface area (Å²) in [6.07, 6.45) is 1.74. The Bertz CT molecular complexity index is 1320. The van der Waals surface area contributed by atoms with Crippen molar-refractivity contribution in [3.05, 3.63) is 64.2 Å². The van der Waals surface area contributed by atoms with Crippen molar-refractivity contribution in [2.24, 2.45) is 7.05 Å². The number of ether oxygens (including phenoxy) is 2. The first kappa shape index (κ1) is 18.5. The molecule has 4 rings (SSSR count). The van der Waals surface area contributed by atoms with Gasteiger partial charge in [0.2, 0.25) is 0 Å². The summed E-state index contributed by atoms with van der Waals surface area (Å²) in [6, 6.07) is 10.3. The second kappa shape index (κ2) is 6.97. The van der Waals surface area contributed by atoms with E-state index in [4.69, 9.17) is 9.47 Å². The van der Waals surface area contributed by atoms with Crippen LogP contribution in [0.4, 0.5) is 5.69 Å². The molecule has 4 aromatic rings. The average Bonchev–Trinajstić information content (AvgIpc) is 3.06. The monoisotopic (exact) mass is 392 g/mol. The number of methoxy groups -OCH3 is 2. The number of aromatic nitrogens is 3. The predicted octanol–water partition coefficient (Wildman–Crippen LogP) is 2.76. The van der Waals surface area contributed by atoms with Crippen molar-refractivity contribution >= 4 is 28.3 Å². The van der Waals surface area contributed by atoms with Crippen molar-refractivity contribution < 1.29 is 14.3 Å². The van der Waals surface area contributed by atoms with E-state index >= 15 is 0 Å². The number of hydrogen-bond donors (Lipinski definition) is 1. The number of benzene rings is 1. The smallest absolute Gasteiger partial charge is 0.272 e. The number of rotatable bonds is 4. The van der Waals surface area contributed by atoms with Crippen LogP contribution in [0.2, 0.25) is 0 Å². The maximum Gasteiger partial charge on any atom is 0.272 e. The summed E-state index contributed by atoms with van der Waals surface area (Å²) in [5.41, 5.74) is 2.51. The number of carbonyl (C=O) groups excluding carboxylic acids is 1. The molecule has 148 valence electrons. The number of nitrogens with zero attached hydrogens (tertiary/aromatic N) is 3. The maximum atomic E-state index is 12.9. The molecule has 1 N–H and O–H groups in total. The summed E-state index contributed by atoms with van der Waals surface area (Å²) < 4.78 is 13.6. The quantitative estimate of drug-likeness (QED) is 0.577. The zero-order valence-electron chi connectivity index (χ0n) is 16.5. The van der Waals surface area contributed by atoms with Crippen LogP contribution < -0.4 is 20.3 Å². The minimum absolute atomic E-state index is 0.217. The summed E-state index contributed by atoms with van der Waals surface area (Å²) >= 11 is 0. The standard InChI is InChI=1S/C21H20N4O4/c1-12-5-8-18-23-19-14(21(27)25(18)11-12)10-16(24(19)2)20(26)22-15-7-6-13(28-3)9-17(15)29-4/h5-11H,1-4H3,(H,22,26). The van der Waals surface area contributed by atoms with E-state index < -0.39 is 0 Å². The molecule has 8 heteroatoms. The highest BCUT2D eigenvalue weighted by Gasteiger charge is 2.19. The molecule has 3 heterocycles. The zero-order chi connectivity index (χ0) is 20.7. The summed E-state index contributed by atoms with van der Waals surface area (Å²) in [7, 11) is 4.78. The number of hydrogen-bond acceptors (Lipinski definition) is 5. The first-order chi connectivity index (χ1) is 13.9. The molecule has 0 saturated carbocycles. The largest absolute Gasteiger partial charge is 0.497 e. The summed E-state index contributed by atoms with van der Waals surface area (Å²) in [5, 5.41) is 3.20. The second-order valence-electron chi connectivity index (χ2n) is 6.70. The normalized spacial score (nSPS) is 11.0. The van der Waals surface area contributed by atoms with Gasteiger partial charge in [-0.15, -0.1) is 0 Å². The third kappa shape index (κ3) is 3.08. The zero-order valence-corrected chi connectivity index (χ0v) is 16.5. The third-order valence-corrected chi connectivity index (χ3v) is 4.84. The van der Waals surface area contributed by atoms with Gasteiger partial charge in [0.15, 0.2) is 0 Å². The molecule has 1 aromatic carbocycles. The molecule has 0 aliphatic rings. The Kier molecular flexibility index (Phi) is 4.46. The van der Waals surface area contributed by atoms with Crippen LogP contribution in [0.5, 0.6) is 11.5 Å². The maximum absolute atomic E-state index is 12.9. The minimum Gasteiger partial charge on any atom is -0.497 e. The fourth-order valence-electron chi connectivity index (χ4n) is 3.28. The minimum atomic E-state index is -0.376. The number of amides is 1. The molecule has 8 nitrogen and oxygen atoms in total. The van der Waals surface area contributed by atoms with Gasteiger partial charge in [-0.1, -0.05) is 6.07 Å². The Labute approximate surface area is 166 Å². The van der Waals surface area contributed by atoms with Crippen molar-refractivity contribution in [1.29, 1.82) is 0 Å². The van der Waals surface area contributed by atoms with Crippen LogP contribution in [0.15, 0.2) is 47.4 Å². The lowest BCUT2D eigenvalue weighted by molar-refractivity contribution is 0.101. The lowest BCUT2D eigenvalue weighted by atomic mass is 10.2. The molecule has 0 unspecified atom stereocenters. The van der Waals surface area contributed by atoms with Gasteiger partial charge in [0.25, 0.3) is 11.5 Å². The topological polar surface area (TPSA) is 86.9 Å². The van der Waals surface area contributed by atoms with Gasteiger partial charge in [0, 0.05) is 19.3 Å². The number of pyridine rings is 1. The summed E-state index contributed by atoms with van der Waals surface area (Å²) in [6.45, 7) is 1.90. The van der Waals surface area contributed by atoms with Crippen molar-refractivity contribution in [2.75, 3.05) is 19.5 Å². The molecule has 0 bridgehead atoms. The molecule has 0 spiro atoms. The Morgan fingerprint density at radius 1 is 1.10 bits per heavy atom. The van der Waals surface area contributed by atoms with Crippen LogP contribution in [0, 0.1) is 6.92 Å². The van der Waals surface area contributed by atoms with Crippen molar-refractivity contribution in [1.82, 2.24) is 14.0 Å². The first-order valence-corrected chi connectivity index (χ1v) is 8.94. The molecule has 1 amide bonds. The lowest BCUT2D eigenvalue weighted by Gasteiger charge is -2.12. The van der Waals surface area contributed by atoms with Crippen LogP contribution in [-0.2, 0) is 7.05 Å². The van der Waals surface area contributed by atoms with Crippen LogP contribution in [0.25, 0.3) is 16.7 Å². The summed E-state index contributed by atoms with van der Waals surface area (Å²) in [5.74, 6) is 0.707. The predicted molar refractivity (Wildman–Crippen MR) is 110 cm³/mol. The highest BCUT2D eigenvalue weighted by molar-refractivity contribution is 6.06. The molecule has 3 aromatic heterocycles. The van der Waals surface area contributed by atoms with Crippen molar-refractivity contribution in [3.8, 4) is 11.5 Å². The van der Waals surface area contributed by atoms with Gasteiger partial charge in [-0.25, -0.2) is 4.98 Å². The van der Waals surface area contributed by atoms with E-state index in [2.05, 4.69) is 10.3 Å². The summed E-state index contributed by atoms with van der Waals surface area (Å²) in [4.78, 5) is 30.4. The number of anilines is 1. The van der Waals surface area contributed by atoms with E-state index in [0.717, 1.165) is 5.56 Å². The van der Waals surface area contributed by atoms with Crippen molar-refractivity contribution in [2.45, 2.75) is 6.92 Å². The highest BCUT2D eigenvalue weighted by atomic mass is 16.5. The Morgan fingerprint density at radius 2 is 1.90 bits per heavy atom. The van der Waals surface area contributed by atoms with E-state index in [0.29, 0.717) is 39.6 Å². The van der Waals surface area contributed by atoms with Gasteiger partial charge in [-0.2, -0.15) is 0 Å². The van der Waals surface area contributed by atoms with Gasteiger partial charge in [0.05, 0.1) is 25.3 Å². The van der Waals surface area contributed by atoms with Gasteiger partial charge in [-0.05, 0) is 36.8 Å². The van der Waals surface area contributed by atoms with E-state index in [9.17, 15) is 9.59 Å². The van der Waals surface area contributed by atoms with Crippen LogP contribution in [0.3, 0.4) is 0 Å². The van der Waals surface area contributed by atoms with Crippen molar-refractivity contribution in [3.63, 3.8) is 0 Å². The fourth-order valence-corrected chi connectivity index (χ4v) is 3.28. The Hall–Kier alpha value is -3.81. The lowest BCUT2D eigenvalue weighted by Crippen LogP contribution is -2.16. The molecular weight excluding hydrogens is 372 g/mol. The number of fused-ring (bicyclic) bond motifs is 2. The van der Waals surface area contributed by atoms with Gasteiger partial charge >= 0.3 is 0 Å². The average molecular weight is 392 g/mol. The molecule has 0 radical (unpaired) electrons. The molecule has 0 atom stereocenters. The van der Waals surface area contributed by atoms with Gasteiger partial charge < -0.3 is 19.4 Å². The van der Waals surface area contributed by atoms with E-state index in [1.807, 2.05) is 13.0 Å². The number of aryl methyl sites for hydroxylation is 2. The third-order valence-electron chi connectivity index (χ3n) is 4.84. The van der Waals surface area contributed by atoms with Crippen LogP contribution >= 0.6 is 0 Å². The van der Waals surface area contributed by atoms with Gasteiger partial charge in [0.1, 0.15) is 28.5 Å². The first-order valence-electron chi connectivity index (χ1n) is 8.94. The Morgan fingerprint density at radius 3 is 2.62 bits per heavy atom. The SMILES string of the molecule is COc1ccc(NC(=O)c2cc3c(=O)n4cc(C)ccc4nc3n2C)c(OC)c1. The number of nitrogens with one attached hydrogen (secondary N) is 1. The molecular formula is C21H20N4O4. The van der Waals surface area contributed by atoms with Gasteiger partial charge in [-0.3, -0.25) is 14.0 Å².